The molecule has 2 heterocycles. The number of aryl methyl sites for hydroxylation is 1. The fraction of sp³-hybridized carbons (Fsp3) is 0.765. The van der Waals surface area contributed by atoms with E-state index in [1.807, 2.05) is 25.7 Å². The van der Waals surface area contributed by atoms with E-state index in [-0.39, 0.29) is 23.9 Å². The van der Waals surface area contributed by atoms with E-state index >= 15 is 0 Å². The molecule has 1 saturated heterocycles. The Balaban J connectivity index is 1.68. The fourth-order valence-corrected chi connectivity index (χ4v) is 3.31. The topological polar surface area (TPSA) is 91.0 Å². The van der Waals surface area contributed by atoms with Crippen molar-refractivity contribution in [3.8, 4) is 0 Å². The molecule has 1 aliphatic heterocycles. The minimum Gasteiger partial charge on any atom is -0.351 e. The zero-order chi connectivity index (χ0) is 17.3. The molecule has 1 aromatic rings. The summed E-state index contributed by atoms with van der Waals surface area (Å²) in [6, 6.07) is -0.172. The Morgan fingerprint density at radius 3 is 2.71 bits per heavy atom. The maximum Gasteiger partial charge on any atom is 0.223 e. The van der Waals surface area contributed by atoms with Crippen LogP contribution >= 0.6 is 0 Å². The summed E-state index contributed by atoms with van der Waals surface area (Å²) in [6.45, 7) is 6.45. The van der Waals surface area contributed by atoms with Crippen LogP contribution < -0.4 is 5.32 Å². The van der Waals surface area contributed by atoms with E-state index in [0.717, 1.165) is 18.7 Å². The van der Waals surface area contributed by atoms with E-state index in [2.05, 4.69) is 20.5 Å². The summed E-state index contributed by atoms with van der Waals surface area (Å²) in [6.07, 6.45) is 4.10. The van der Waals surface area contributed by atoms with Crippen molar-refractivity contribution in [1.29, 1.82) is 0 Å². The van der Waals surface area contributed by atoms with E-state index in [1.54, 1.807) is 0 Å². The second kappa shape index (κ2) is 6.91. The normalized spacial score (nSPS) is 23.8. The number of rotatable bonds is 6. The van der Waals surface area contributed by atoms with E-state index in [4.69, 9.17) is 0 Å². The van der Waals surface area contributed by atoms with Gasteiger partial charge >= 0.3 is 0 Å². The van der Waals surface area contributed by atoms with Gasteiger partial charge in [0.1, 0.15) is 5.82 Å². The molecule has 0 radical (unpaired) electrons. The molecule has 2 fully saturated rings. The van der Waals surface area contributed by atoms with Gasteiger partial charge in [0.2, 0.25) is 11.8 Å². The SMILES string of the molecule is Cc1nc([C@@H]2C[C@H](NC(=O)CC(C)C)CN2C(=O)CC2CC2)n[nH]1. The number of hydrogen-bond acceptors (Lipinski definition) is 4. The van der Waals surface area contributed by atoms with Gasteiger partial charge in [0.05, 0.1) is 6.04 Å². The lowest BCUT2D eigenvalue weighted by atomic mass is 10.1. The third-order valence-corrected chi connectivity index (χ3v) is 4.65. The summed E-state index contributed by atoms with van der Waals surface area (Å²) >= 11 is 0. The Kier molecular flexibility index (Phi) is 4.87. The van der Waals surface area contributed by atoms with Gasteiger partial charge in [-0.2, -0.15) is 5.10 Å². The molecule has 132 valence electrons. The number of hydrogen-bond donors (Lipinski definition) is 2. The van der Waals surface area contributed by atoms with Gasteiger partial charge in [-0.25, -0.2) is 4.98 Å². The van der Waals surface area contributed by atoms with Crippen LogP contribution in [0.3, 0.4) is 0 Å². The minimum absolute atomic E-state index is 0.0248. The van der Waals surface area contributed by atoms with Crippen molar-refractivity contribution in [3.05, 3.63) is 11.6 Å². The summed E-state index contributed by atoms with van der Waals surface area (Å²) in [7, 11) is 0. The number of aromatic amines is 1. The van der Waals surface area contributed by atoms with Crippen LogP contribution in [0.15, 0.2) is 0 Å². The summed E-state index contributed by atoms with van der Waals surface area (Å²) in [5, 5.41) is 10.2. The first kappa shape index (κ1) is 16.9. The molecule has 0 aromatic carbocycles. The second-order valence-corrected chi connectivity index (χ2v) is 7.59. The summed E-state index contributed by atoms with van der Waals surface area (Å²) in [5.74, 6) is 2.47. The molecule has 2 atom stereocenters. The average Bonchev–Trinajstić information content (AvgIpc) is 3.03. The summed E-state index contributed by atoms with van der Waals surface area (Å²) < 4.78 is 0. The summed E-state index contributed by atoms with van der Waals surface area (Å²) in [4.78, 5) is 31.0. The Morgan fingerprint density at radius 2 is 2.12 bits per heavy atom. The van der Waals surface area contributed by atoms with Crippen LogP contribution in [0, 0.1) is 18.8 Å². The van der Waals surface area contributed by atoms with Gasteiger partial charge < -0.3 is 10.2 Å². The Morgan fingerprint density at radius 1 is 1.38 bits per heavy atom. The predicted molar refractivity (Wildman–Crippen MR) is 88.9 cm³/mol. The Bertz CT molecular complexity index is 608. The van der Waals surface area contributed by atoms with E-state index in [0.29, 0.717) is 43.5 Å². The van der Waals surface area contributed by atoms with Crippen molar-refractivity contribution in [2.24, 2.45) is 11.8 Å². The van der Waals surface area contributed by atoms with E-state index < -0.39 is 0 Å². The molecule has 7 nitrogen and oxygen atoms in total. The number of H-pyrrole nitrogens is 1. The molecule has 7 heteroatoms. The zero-order valence-corrected chi connectivity index (χ0v) is 14.7. The first-order valence-corrected chi connectivity index (χ1v) is 8.90. The van der Waals surface area contributed by atoms with Gasteiger partial charge in [0, 0.05) is 25.4 Å². The Labute approximate surface area is 142 Å². The van der Waals surface area contributed by atoms with E-state index in [9.17, 15) is 9.59 Å². The molecular weight excluding hydrogens is 306 g/mol. The molecule has 1 aromatic heterocycles. The molecule has 3 rings (SSSR count). The van der Waals surface area contributed by atoms with Crippen LogP contribution in [0.1, 0.15) is 63.6 Å². The monoisotopic (exact) mass is 333 g/mol. The average molecular weight is 333 g/mol. The van der Waals surface area contributed by atoms with Gasteiger partial charge in [-0.05, 0) is 38.0 Å². The van der Waals surface area contributed by atoms with Gasteiger partial charge in [0.15, 0.2) is 5.82 Å². The number of nitrogens with one attached hydrogen (secondary N) is 2. The van der Waals surface area contributed by atoms with Crippen molar-refractivity contribution in [3.63, 3.8) is 0 Å². The lowest BCUT2D eigenvalue weighted by molar-refractivity contribution is -0.133. The first-order chi connectivity index (χ1) is 11.4. The molecule has 1 saturated carbocycles. The third kappa shape index (κ3) is 4.13. The highest BCUT2D eigenvalue weighted by Crippen LogP contribution is 2.36. The molecule has 2 amide bonds. The van der Waals surface area contributed by atoms with Crippen molar-refractivity contribution in [1.82, 2.24) is 25.4 Å². The van der Waals surface area contributed by atoms with Crippen molar-refractivity contribution in [2.75, 3.05) is 6.54 Å². The molecule has 2 N–H and O–H groups in total. The number of likely N-dealkylation sites (tertiary alicyclic amines) is 1. The highest BCUT2D eigenvalue weighted by Gasteiger charge is 2.40. The maximum absolute atomic E-state index is 12.6. The van der Waals surface area contributed by atoms with Crippen molar-refractivity contribution >= 4 is 11.8 Å². The number of carbonyl (C=O) groups excluding carboxylic acids is 2. The van der Waals surface area contributed by atoms with Gasteiger partial charge in [-0.15, -0.1) is 0 Å². The number of carbonyl (C=O) groups is 2. The highest BCUT2D eigenvalue weighted by molar-refractivity contribution is 5.79. The summed E-state index contributed by atoms with van der Waals surface area (Å²) in [5.41, 5.74) is 0. The smallest absolute Gasteiger partial charge is 0.223 e. The quantitative estimate of drug-likeness (QED) is 0.829. The molecule has 0 unspecified atom stereocenters. The van der Waals surface area contributed by atoms with Crippen LogP contribution in [0.2, 0.25) is 0 Å². The number of amides is 2. The number of aromatic nitrogens is 3. The van der Waals surface area contributed by atoms with Gasteiger partial charge in [-0.1, -0.05) is 13.8 Å². The highest BCUT2D eigenvalue weighted by atomic mass is 16.2. The van der Waals surface area contributed by atoms with Crippen LogP contribution in [0.5, 0.6) is 0 Å². The third-order valence-electron chi connectivity index (χ3n) is 4.65. The maximum atomic E-state index is 12.6. The molecule has 0 spiro atoms. The first-order valence-electron chi connectivity index (χ1n) is 8.90. The fourth-order valence-electron chi connectivity index (χ4n) is 3.31. The molecular formula is C17H27N5O2. The lowest BCUT2D eigenvalue weighted by Crippen LogP contribution is -2.39. The molecule has 0 bridgehead atoms. The standard InChI is InChI=1S/C17H27N5O2/c1-10(2)6-15(23)19-13-8-14(17-18-11(3)20-21-17)22(9-13)16(24)7-12-4-5-12/h10,12-14H,4-9H2,1-3H3,(H,19,23)(H,18,20,21)/t13-,14-/m0/s1. The lowest BCUT2D eigenvalue weighted by Gasteiger charge is -2.22. The van der Waals surface area contributed by atoms with Crippen molar-refractivity contribution in [2.45, 2.75) is 65.0 Å². The molecule has 2 aliphatic rings. The van der Waals surface area contributed by atoms with Gasteiger partial charge in [-0.3, -0.25) is 14.7 Å². The largest absolute Gasteiger partial charge is 0.351 e. The van der Waals surface area contributed by atoms with Crippen LogP contribution in [0.25, 0.3) is 0 Å². The molecule has 24 heavy (non-hydrogen) atoms. The number of nitrogens with zero attached hydrogens (tertiary/aromatic N) is 3. The molecule has 1 aliphatic carbocycles. The zero-order valence-electron chi connectivity index (χ0n) is 14.7. The van der Waals surface area contributed by atoms with Crippen LogP contribution in [-0.4, -0.2) is 44.5 Å². The van der Waals surface area contributed by atoms with Crippen LogP contribution in [-0.2, 0) is 9.59 Å². The minimum atomic E-state index is -0.148. The van der Waals surface area contributed by atoms with E-state index in [1.165, 1.54) is 0 Å². The predicted octanol–water partition coefficient (Wildman–Crippen LogP) is 1.72. The van der Waals surface area contributed by atoms with Crippen molar-refractivity contribution < 1.29 is 9.59 Å². The van der Waals surface area contributed by atoms with Crippen LogP contribution in [0.4, 0.5) is 0 Å². The Hall–Kier alpha value is -1.92. The van der Waals surface area contributed by atoms with Gasteiger partial charge in [0.25, 0.3) is 0 Å². The second-order valence-electron chi connectivity index (χ2n) is 7.59.